The van der Waals surface area contributed by atoms with Crippen LogP contribution in [-0.2, 0) is 4.74 Å². The van der Waals surface area contributed by atoms with Crippen molar-refractivity contribution in [3.63, 3.8) is 0 Å². The zero-order valence-corrected chi connectivity index (χ0v) is 11.9. The van der Waals surface area contributed by atoms with Crippen LogP contribution in [0.25, 0.3) is 0 Å². The van der Waals surface area contributed by atoms with Gasteiger partial charge < -0.3 is 15.4 Å². The molecule has 1 amide bonds. The number of aromatic nitrogens is 1. The molecule has 0 saturated carbocycles. The van der Waals surface area contributed by atoms with Gasteiger partial charge in [-0.15, -0.1) is 0 Å². The smallest absolute Gasteiger partial charge is 0.253 e. The number of rotatable bonds is 8. The molecule has 5 heteroatoms. The van der Waals surface area contributed by atoms with Crippen molar-refractivity contribution < 1.29 is 9.53 Å². The SMILES string of the molecule is COCCNC(=O)c1cncc(NCCC(C)C)c1. The second kappa shape index (κ2) is 8.48. The lowest BCUT2D eigenvalue weighted by atomic mass is 10.1. The Morgan fingerprint density at radius 1 is 1.37 bits per heavy atom. The zero-order chi connectivity index (χ0) is 14.1. The topological polar surface area (TPSA) is 63.2 Å². The average molecular weight is 265 g/mol. The normalized spacial score (nSPS) is 10.5. The number of methoxy groups -OCH3 is 1. The summed E-state index contributed by atoms with van der Waals surface area (Å²) in [6.07, 6.45) is 4.38. The fraction of sp³-hybridized carbons (Fsp3) is 0.571. The summed E-state index contributed by atoms with van der Waals surface area (Å²) in [7, 11) is 1.60. The Bertz CT molecular complexity index is 394. The van der Waals surface area contributed by atoms with E-state index in [2.05, 4.69) is 29.5 Å². The summed E-state index contributed by atoms with van der Waals surface area (Å²) in [5, 5.41) is 6.04. The van der Waals surface area contributed by atoms with Crippen LogP contribution in [0.4, 0.5) is 5.69 Å². The molecule has 1 heterocycles. The lowest BCUT2D eigenvalue weighted by Crippen LogP contribution is -2.27. The molecule has 106 valence electrons. The van der Waals surface area contributed by atoms with Gasteiger partial charge in [-0.25, -0.2) is 0 Å². The van der Waals surface area contributed by atoms with Gasteiger partial charge in [0.2, 0.25) is 0 Å². The number of carbonyl (C=O) groups is 1. The van der Waals surface area contributed by atoms with Gasteiger partial charge in [-0.1, -0.05) is 13.8 Å². The lowest BCUT2D eigenvalue weighted by molar-refractivity contribution is 0.0937. The molecule has 0 fully saturated rings. The number of carbonyl (C=O) groups excluding carboxylic acids is 1. The molecule has 5 nitrogen and oxygen atoms in total. The summed E-state index contributed by atoms with van der Waals surface area (Å²) in [6.45, 7) is 6.25. The first-order chi connectivity index (χ1) is 9.13. The minimum Gasteiger partial charge on any atom is -0.384 e. The maximum atomic E-state index is 11.8. The van der Waals surface area contributed by atoms with Gasteiger partial charge in [-0.2, -0.15) is 0 Å². The van der Waals surface area contributed by atoms with Crippen LogP contribution in [0, 0.1) is 5.92 Å². The van der Waals surface area contributed by atoms with Crippen molar-refractivity contribution in [3.8, 4) is 0 Å². The van der Waals surface area contributed by atoms with Gasteiger partial charge in [-0.05, 0) is 18.4 Å². The number of ether oxygens (including phenoxy) is 1. The van der Waals surface area contributed by atoms with Gasteiger partial charge in [0.05, 0.1) is 17.9 Å². The Morgan fingerprint density at radius 2 is 2.16 bits per heavy atom. The molecule has 1 aromatic rings. The molecule has 2 N–H and O–H groups in total. The molecule has 0 spiro atoms. The highest BCUT2D eigenvalue weighted by Gasteiger charge is 2.06. The highest BCUT2D eigenvalue weighted by molar-refractivity contribution is 5.94. The molecule has 19 heavy (non-hydrogen) atoms. The molecule has 0 radical (unpaired) electrons. The van der Waals surface area contributed by atoms with Crippen molar-refractivity contribution >= 4 is 11.6 Å². The third-order valence-electron chi connectivity index (χ3n) is 2.64. The molecule has 0 aliphatic carbocycles. The number of nitrogens with one attached hydrogen (secondary N) is 2. The fourth-order valence-electron chi connectivity index (χ4n) is 1.53. The van der Waals surface area contributed by atoms with E-state index in [0.29, 0.717) is 24.6 Å². The maximum Gasteiger partial charge on any atom is 0.253 e. The summed E-state index contributed by atoms with van der Waals surface area (Å²) in [5.74, 6) is 0.526. The van der Waals surface area contributed by atoms with Crippen LogP contribution >= 0.6 is 0 Å². The van der Waals surface area contributed by atoms with Crippen molar-refractivity contribution in [2.75, 3.05) is 32.1 Å². The number of anilines is 1. The molecule has 0 bridgehead atoms. The lowest BCUT2D eigenvalue weighted by Gasteiger charge is -2.09. The monoisotopic (exact) mass is 265 g/mol. The van der Waals surface area contributed by atoms with Gasteiger partial charge in [-0.3, -0.25) is 9.78 Å². The first kappa shape index (κ1) is 15.4. The quantitative estimate of drug-likeness (QED) is 0.705. The molecule has 1 rings (SSSR count). The summed E-state index contributed by atoms with van der Waals surface area (Å²) >= 11 is 0. The summed E-state index contributed by atoms with van der Waals surface area (Å²) in [5.41, 5.74) is 1.44. The van der Waals surface area contributed by atoms with Crippen molar-refractivity contribution in [3.05, 3.63) is 24.0 Å². The van der Waals surface area contributed by atoms with Crippen molar-refractivity contribution in [1.82, 2.24) is 10.3 Å². The fourth-order valence-corrected chi connectivity index (χ4v) is 1.53. The van der Waals surface area contributed by atoms with Gasteiger partial charge in [0.25, 0.3) is 5.91 Å². The zero-order valence-electron chi connectivity index (χ0n) is 11.9. The van der Waals surface area contributed by atoms with Crippen LogP contribution < -0.4 is 10.6 Å². The second-order valence-electron chi connectivity index (χ2n) is 4.82. The van der Waals surface area contributed by atoms with Crippen LogP contribution in [0.2, 0.25) is 0 Å². The highest BCUT2D eigenvalue weighted by atomic mass is 16.5. The Balaban J connectivity index is 2.48. The first-order valence-electron chi connectivity index (χ1n) is 6.59. The number of nitrogens with zero attached hydrogens (tertiary/aromatic N) is 1. The molecule has 0 aliphatic rings. The molecular weight excluding hydrogens is 242 g/mol. The third kappa shape index (κ3) is 6.20. The van der Waals surface area contributed by atoms with E-state index in [1.165, 1.54) is 0 Å². The molecule has 0 aromatic carbocycles. The largest absolute Gasteiger partial charge is 0.384 e. The summed E-state index contributed by atoms with van der Waals surface area (Å²) < 4.78 is 4.88. The van der Waals surface area contributed by atoms with Crippen LogP contribution in [0.3, 0.4) is 0 Å². The number of hydrogen-bond acceptors (Lipinski definition) is 4. The Labute approximate surface area is 114 Å². The van der Waals surface area contributed by atoms with Crippen LogP contribution in [0.5, 0.6) is 0 Å². The standard InChI is InChI=1S/C14H23N3O2/c1-11(2)4-5-16-13-8-12(9-15-10-13)14(18)17-6-7-19-3/h8-11,16H,4-7H2,1-3H3,(H,17,18). The van der Waals surface area contributed by atoms with Gasteiger partial charge in [0.15, 0.2) is 0 Å². The highest BCUT2D eigenvalue weighted by Crippen LogP contribution is 2.09. The van der Waals surface area contributed by atoms with Gasteiger partial charge in [0.1, 0.15) is 0 Å². The number of pyridine rings is 1. The predicted octanol–water partition coefficient (Wildman–Crippen LogP) is 1.92. The van der Waals surface area contributed by atoms with E-state index < -0.39 is 0 Å². The van der Waals surface area contributed by atoms with Gasteiger partial charge in [0, 0.05) is 32.6 Å². The van der Waals surface area contributed by atoms with Crippen molar-refractivity contribution in [2.45, 2.75) is 20.3 Å². The Morgan fingerprint density at radius 3 is 2.84 bits per heavy atom. The first-order valence-corrected chi connectivity index (χ1v) is 6.59. The van der Waals surface area contributed by atoms with E-state index in [9.17, 15) is 4.79 Å². The molecule has 0 aliphatic heterocycles. The maximum absolute atomic E-state index is 11.8. The van der Waals surface area contributed by atoms with Crippen LogP contribution in [-0.4, -0.2) is 37.7 Å². The van der Waals surface area contributed by atoms with Crippen LogP contribution in [0.1, 0.15) is 30.6 Å². The molecular formula is C14H23N3O2. The van der Waals surface area contributed by atoms with E-state index >= 15 is 0 Å². The summed E-state index contributed by atoms with van der Waals surface area (Å²) in [4.78, 5) is 15.9. The predicted molar refractivity (Wildman–Crippen MR) is 76.4 cm³/mol. The molecule has 1 aromatic heterocycles. The van der Waals surface area contributed by atoms with Crippen molar-refractivity contribution in [2.24, 2.45) is 5.92 Å². The molecule has 0 atom stereocenters. The number of amides is 1. The van der Waals surface area contributed by atoms with E-state index in [1.807, 2.05) is 6.07 Å². The molecule has 0 unspecified atom stereocenters. The Hall–Kier alpha value is -1.62. The van der Waals surface area contributed by atoms with E-state index in [-0.39, 0.29) is 5.91 Å². The minimum absolute atomic E-state index is 0.128. The van der Waals surface area contributed by atoms with Crippen LogP contribution in [0.15, 0.2) is 18.5 Å². The molecule has 0 saturated heterocycles. The summed E-state index contributed by atoms with van der Waals surface area (Å²) in [6, 6.07) is 1.81. The third-order valence-corrected chi connectivity index (χ3v) is 2.64. The van der Waals surface area contributed by atoms with Crippen molar-refractivity contribution in [1.29, 1.82) is 0 Å². The second-order valence-corrected chi connectivity index (χ2v) is 4.82. The van der Waals surface area contributed by atoms with E-state index in [0.717, 1.165) is 18.7 Å². The average Bonchev–Trinajstić information content (AvgIpc) is 2.39. The van der Waals surface area contributed by atoms with Gasteiger partial charge >= 0.3 is 0 Å². The number of hydrogen-bond donors (Lipinski definition) is 2. The minimum atomic E-state index is -0.128. The Kier molecular flexibility index (Phi) is 6.89. The van der Waals surface area contributed by atoms with E-state index in [4.69, 9.17) is 4.74 Å². The van der Waals surface area contributed by atoms with E-state index in [1.54, 1.807) is 19.5 Å².